The minimum absolute atomic E-state index is 0.0532. The summed E-state index contributed by atoms with van der Waals surface area (Å²) in [5, 5.41) is 8.66. The molecule has 0 bridgehead atoms. The second-order valence-electron chi connectivity index (χ2n) is 2.89. The minimum Gasteiger partial charge on any atom is -0.495 e. The quantitative estimate of drug-likeness (QED) is 0.730. The normalized spacial score (nSPS) is 10.8. The molecule has 4 heteroatoms. The molecular formula is C10H9F2NO. The Bertz CT molecular complexity index is 377. The minimum atomic E-state index is -3.00. The molecule has 1 aromatic rings. The largest absolute Gasteiger partial charge is 0.495 e. The molecule has 0 saturated carbocycles. The first-order chi connectivity index (χ1) is 6.50. The molecule has 0 spiro atoms. The van der Waals surface area contributed by atoms with E-state index in [1.165, 1.54) is 25.3 Å². The summed E-state index contributed by atoms with van der Waals surface area (Å²) in [6.07, 6.45) is 0. The van der Waals surface area contributed by atoms with Gasteiger partial charge in [0, 0.05) is 6.92 Å². The van der Waals surface area contributed by atoms with Crippen molar-refractivity contribution in [3.8, 4) is 11.8 Å². The first-order valence-electron chi connectivity index (χ1n) is 3.96. The van der Waals surface area contributed by atoms with Crippen LogP contribution in [0.15, 0.2) is 18.2 Å². The maximum absolute atomic E-state index is 13.0. The average molecular weight is 197 g/mol. The molecule has 1 rings (SSSR count). The third kappa shape index (κ3) is 1.82. The number of rotatable bonds is 2. The fourth-order valence-corrected chi connectivity index (χ4v) is 1.19. The van der Waals surface area contributed by atoms with E-state index in [4.69, 9.17) is 10.00 Å². The monoisotopic (exact) mass is 197 g/mol. The van der Waals surface area contributed by atoms with E-state index in [0.717, 1.165) is 6.92 Å². The molecule has 0 unspecified atom stereocenters. The SMILES string of the molecule is COc1c(C#N)cccc1C(C)(F)F. The van der Waals surface area contributed by atoms with Crippen LogP contribution in [0.1, 0.15) is 18.1 Å². The molecule has 0 fully saturated rings. The number of nitrogens with zero attached hydrogens (tertiary/aromatic N) is 1. The highest BCUT2D eigenvalue weighted by molar-refractivity contribution is 5.49. The summed E-state index contributed by atoms with van der Waals surface area (Å²) in [7, 11) is 1.27. The van der Waals surface area contributed by atoms with E-state index in [0.29, 0.717) is 0 Å². The van der Waals surface area contributed by atoms with E-state index in [-0.39, 0.29) is 16.9 Å². The first-order valence-corrected chi connectivity index (χ1v) is 3.96. The maximum Gasteiger partial charge on any atom is 0.274 e. The van der Waals surface area contributed by atoms with Crippen LogP contribution in [0.2, 0.25) is 0 Å². The van der Waals surface area contributed by atoms with Crippen LogP contribution in [-0.2, 0) is 5.92 Å². The highest BCUT2D eigenvalue weighted by Gasteiger charge is 2.29. The number of para-hydroxylation sites is 1. The Balaban J connectivity index is 3.39. The van der Waals surface area contributed by atoms with Crippen LogP contribution < -0.4 is 4.74 Å². The predicted molar refractivity (Wildman–Crippen MR) is 47.3 cm³/mol. The number of methoxy groups -OCH3 is 1. The van der Waals surface area contributed by atoms with Gasteiger partial charge in [-0.3, -0.25) is 0 Å². The number of benzene rings is 1. The molecule has 0 radical (unpaired) electrons. The molecule has 0 aliphatic carbocycles. The molecule has 74 valence electrons. The summed E-state index contributed by atoms with van der Waals surface area (Å²) in [6, 6.07) is 5.90. The molecule has 1 aromatic carbocycles. The molecule has 14 heavy (non-hydrogen) atoms. The Morgan fingerprint density at radius 1 is 1.43 bits per heavy atom. The van der Waals surface area contributed by atoms with Gasteiger partial charge in [0.15, 0.2) is 0 Å². The lowest BCUT2D eigenvalue weighted by Crippen LogP contribution is -2.09. The summed E-state index contributed by atoms with van der Waals surface area (Å²) in [5.74, 6) is -3.06. The number of alkyl halides is 2. The van der Waals surface area contributed by atoms with E-state index >= 15 is 0 Å². The molecule has 0 heterocycles. The molecular weight excluding hydrogens is 188 g/mol. The van der Waals surface area contributed by atoms with Gasteiger partial charge in [-0.05, 0) is 12.1 Å². The predicted octanol–water partition coefficient (Wildman–Crippen LogP) is 2.68. The van der Waals surface area contributed by atoms with Crippen molar-refractivity contribution in [1.82, 2.24) is 0 Å². The number of halogens is 2. The van der Waals surface area contributed by atoms with Crippen LogP contribution in [0.3, 0.4) is 0 Å². The van der Waals surface area contributed by atoms with Crippen molar-refractivity contribution in [3.63, 3.8) is 0 Å². The zero-order valence-corrected chi connectivity index (χ0v) is 7.84. The van der Waals surface area contributed by atoms with Crippen molar-refractivity contribution < 1.29 is 13.5 Å². The lowest BCUT2D eigenvalue weighted by molar-refractivity contribution is 0.0150. The lowest BCUT2D eigenvalue weighted by Gasteiger charge is -2.15. The van der Waals surface area contributed by atoms with Crippen LogP contribution in [0, 0.1) is 11.3 Å². The molecule has 0 amide bonds. The number of hydrogen-bond donors (Lipinski definition) is 0. The smallest absolute Gasteiger partial charge is 0.274 e. The Hall–Kier alpha value is -1.63. The van der Waals surface area contributed by atoms with E-state index in [9.17, 15) is 8.78 Å². The fourth-order valence-electron chi connectivity index (χ4n) is 1.19. The van der Waals surface area contributed by atoms with Crippen molar-refractivity contribution in [2.45, 2.75) is 12.8 Å². The standard InChI is InChI=1S/C10H9F2NO/c1-10(11,12)8-5-3-4-7(6-13)9(8)14-2/h3-5H,1-2H3. The zero-order valence-electron chi connectivity index (χ0n) is 7.84. The molecule has 0 aromatic heterocycles. The van der Waals surface area contributed by atoms with Crippen LogP contribution in [0.25, 0.3) is 0 Å². The van der Waals surface area contributed by atoms with Crippen LogP contribution in [0.5, 0.6) is 5.75 Å². The maximum atomic E-state index is 13.0. The second-order valence-corrected chi connectivity index (χ2v) is 2.89. The van der Waals surface area contributed by atoms with Gasteiger partial charge in [-0.25, -0.2) is 8.78 Å². The summed E-state index contributed by atoms with van der Waals surface area (Å²) < 4.78 is 30.8. The van der Waals surface area contributed by atoms with Gasteiger partial charge in [-0.2, -0.15) is 5.26 Å². The van der Waals surface area contributed by atoms with Gasteiger partial charge < -0.3 is 4.74 Å². The van der Waals surface area contributed by atoms with E-state index in [2.05, 4.69) is 0 Å². The van der Waals surface area contributed by atoms with Gasteiger partial charge >= 0.3 is 0 Å². The number of ether oxygens (including phenoxy) is 1. The first kappa shape index (κ1) is 10.5. The Morgan fingerprint density at radius 3 is 2.50 bits per heavy atom. The molecule has 0 aliphatic heterocycles. The van der Waals surface area contributed by atoms with Gasteiger partial charge in [0.25, 0.3) is 5.92 Å². The number of hydrogen-bond acceptors (Lipinski definition) is 2. The Labute approximate surface area is 80.7 Å². The fraction of sp³-hybridized carbons (Fsp3) is 0.300. The van der Waals surface area contributed by atoms with Crippen molar-refractivity contribution >= 4 is 0 Å². The third-order valence-electron chi connectivity index (χ3n) is 1.81. The lowest BCUT2D eigenvalue weighted by atomic mass is 10.0. The average Bonchev–Trinajstić information content (AvgIpc) is 2.15. The van der Waals surface area contributed by atoms with Crippen molar-refractivity contribution in [2.75, 3.05) is 7.11 Å². The van der Waals surface area contributed by atoms with Crippen molar-refractivity contribution in [3.05, 3.63) is 29.3 Å². The molecule has 0 aliphatic rings. The van der Waals surface area contributed by atoms with E-state index < -0.39 is 5.92 Å². The van der Waals surface area contributed by atoms with E-state index in [1.54, 1.807) is 6.07 Å². The highest BCUT2D eigenvalue weighted by atomic mass is 19.3. The third-order valence-corrected chi connectivity index (χ3v) is 1.81. The summed E-state index contributed by atoms with van der Waals surface area (Å²) in [4.78, 5) is 0. The summed E-state index contributed by atoms with van der Waals surface area (Å²) in [6.45, 7) is 0.770. The van der Waals surface area contributed by atoms with Gasteiger partial charge in [-0.15, -0.1) is 0 Å². The molecule has 0 N–H and O–H groups in total. The second kappa shape index (κ2) is 3.62. The van der Waals surface area contributed by atoms with Gasteiger partial charge in [0.1, 0.15) is 11.8 Å². The van der Waals surface area contributed by atoms with E-state index in [1.807, 2.05) is 0 Å². The van der Waals surface area contributed by atoms with Crippen molar-refractivity contribution in [1.29, 1.82) is 5.26 Å². The molecule has 0 saturated heterocycles. The zero-order chi connectivity index (χ0) is 10.8. The van der Waals surface area contributed by atoms with Crippen molar-refractivity contribution in [2.24, 2.45) is 0 Å². The molecule has 0 atom stereocenters. The van der Waals surface area contributed by atoms with Crippen LogP contribution >= 0.6 is 0 Å². The summed E-state index contributed by atoms with van der Waals surface area (Å²) >= 11 is 0. The Morgan fingerprint density at radius 2 is 2.07 bits per heavy atom. The van der Waals surface area contributed by atoms with Gasteiger partial charge in [0.05, 0.1) is 18.2 Å². The highest BCUT2D eigenvalue weighted by Crippen LogP contribution is 2.36. The van der Waals surface area contributed by atoms with Crippen LogP contribution in [-0.4, -0.2) is 7.11 Å². The summed E-state index contributed by atoms with van der Waals surface area (Å²) in [5.41, 5.74) is -0.148. The van der Waals surface area contributed by atoms with Gasteiger partial charge in [-0.1, -0.05) is 6.07 Å². The Kier molecular flexibility index (Phi) is 2.70. The van der Waals surface area contributed by atoms with Crippen LogP contribution in [0.4, 0.5) is 8.78 Å². The van der Waals surface area contributed by atoms with Gasteiger partial charge in [0.2, 0.25) is 0 Å². The topological polar surface area (TPSA) is 33.0 Å². The number of nitriles is 1. The molecule has 2 nitrogen and oxygen atoms in total.